The van der Waals surface area contributed by atoms with E-state index in [9.17, 15) is 0 Å². The molecule has 0 radical (unpaired) electrons. The van der Waals surface area contributed by atoms with Crippen LogP contribution >= 0.6 is 0 Å². The SMILES string of the molecule is CCN1CCC[C@H]1c1ccc(C)nc1. The lowest BCUT2D eigenvalue weighted by atomic mass is 10.1. The van der Waals surface area contributed by atoms with E-state index in [2.05, 4.69) is 28.9 Å². The summed E-state index contributed by atoms with van der Waals surface area (Å²) in [7, 11) is 0. The van der Waals surface area contributed by atoms with Crippen molar-refractivity contribution in [2.75, 3.05) is 13.1 Å². The van der Waals surface area contributed by atoms with E-state index < -0.39 is 0 Å². The molecule has 0 aliphatic carbocycles. The fourth-order valence-corrected chi connectivity index (χ4v) is 2.26. The Labute approximate surface area is 86.0 Å². The standard InChI is InChI=1S/C12H18N2/c1-3-14-8-4-5-12(14)11-7-6-10(2)13-9-11/h6-7,9,12H,3-5,8H2,1-2H3/t12-/m0/s1. The number of aromatic nitrogens is 1. The second kappa shape index (κ2) is 4.09. The normalized spacial score (nSPS) is 22.9. The Morgan fingerprint density at radius 2 is 2.36 bits per heavy atom. The first-order valence-electron chi connectivity index (χ1n) is 5.48. The van der Waals surface area contributed by atoms with Gasteiger partial charge in [-0.25, -0.2) is 0 Å². The molecule has 76 valence electrons. The van der Waals surface area contributed by atoms with Crippen molar-refractivity contribution >= 4 is 0 Å². The molecule has 2 heterocycles. The second-order valence-electron chi connectivity index (χ2n) is 4.02. The van der Waals surface area contributed by atoms with Crippen molar-refractivity contribution in [3.63, 3.8) is 0 Å². The van der Waals surface area contributed by atoms with Gasteiger partial charge in [0.1, 0.15) is 0 Å². The Morgan fingerprint density at radius 3 is 3.00 bits per heavy atom. The van der Waals surface area contributed by atoms with Crippen molar-refractivity contribution in [3.05, 3.63) is 29.6 Å². The molecule has 14 heavy (non-hydrogen) atoms. The van der Waals surface area contributed by atoms with Gasteiger partial charge in [0.15, 0.2) is 0 Å². The molecule has 0 amide bonds. The summed E-state index contributed by atoms with van der Waals surface area (Å²) < 4.78 is 0. The van der Waals surface area contributed by atoms with Crippen molar-refractivity contribution in [3.8, 4) is 0 Å². The lowest BCUT2D eigenvalue weighted by Crippen LogP contribution is -2.22. The molecule has 2 heteroatoms. The lowest BCUT2D eigenvalue weighted by Gasteiger charge is -2.22. The molecule has 0 aromatic carbocycles. The molecule has 1 fully saturated rings. The smallest absolute Gasteiger partial charge is 0.0372 e. The van der Waals surface area contributed by atoms with Crippen LogP contribution < -0.4 is 0 Å². The van der Waals surface area contributed by atoms with Gasteiger partial charge >= 0.3 is 0 Å². The summed E-state index contributed by atoms with van der Waals surface area (Å²) in [6.45, 7) is 6.67. The van der Waals surface area contributed by atoms with Crippen LogP contribution in [0.15, 0.2) is 18.3 Å². The number of hydrogen-bond acceptors (Lipinski definition) is 2. The number of rotatable bonds is 2. The first kappa shape index (κ1) is 9.66. The highest BCUT2D eigenvalue weighted by atomic mass is 15.2. The van der Waals surface area contributed by atoms with E-state index in [1.165, 1.54) is 24.9 Å². The summed E-state index contributed by atoms with van der Waals surface area (Å²) in [5.41, 5.74) is 2.49. The Hall–Kier alpha value is -0.890. The maximum Gasteiger partial charge on any atom is 0.0372 e. The van der Waals surface area contributed by atoms with Gasteiger partial charge in [0.2, 0.25) is 0 Å². The molecule has 1 atom stereocenters. The third kappa shape index (κ3) is 1.80. The van der Waals surface area contributed by atoms with Gasteiger partial charge in [-0.3, -0.25) is 9.88 Å². The summed E-state index contributed by atoms with van der Waals surface area (Å²) in [4.78, 5) is 6.90. The average molecular weight is 190 g/mol. The van der Waals surface area contributed by atoms with Gasteiger partial charge < -0.3 is 0 Å². The number of aryl methyl sites for hydroxylation is 1. The second-order valence-corrected chi connectivity index (χ2v) is 4.02. The van der Waals surface area contributed by atoms with Gasteiger partial charge in [-0.05, 0) is 44.5 Å². The van der Waals surface area contributed by atoms with Crippen LogP contribution in [0.25, 0.3) is 0 Å². The fourth-order valence-electron chi connectivity index (χ4n) is 2.26. The molecule has 0 bridgehead atoms. The highest BCUT2D eigenvalue weighted by Gasteiger charge is 2.24. The van der Waals surface area contributed by atoms with E-state index in [1.54, 1.807) is 0 Å². The molecule has 2 rings (SSSR count). The van der Waals surface area contributed by atoms with Crippen LogP contribution in [-0.2, 0) is 0 Å². The molecule has 1 aliphatic heterocycles. The molecule has 1 saturated heterocycles. The van der Waals surface area contributed by atoms with Gasteiger partial charge in [0, 0.05) is 17.9 Å². The van der Waals surface area contributed by atoms with Gasteiger partial charge in [0.25, 0.3) is 0 Å². The van der Waals surface area contributed by atoms with Crippen LogP contribution in [0, 0.1) is 6.92 Å². The fraction of sp³-hybridized carbons (Fsp3) is 0.583. The van der Waals surface area contributed by atoms with E-state index in [0.29, 0.717) is 6.04 Å². The molecule has 0 spiro atoms. The van der Waals surface area contributed by atoms with Crippen molar-refractivity contribution in [1.29, 1.82) is 0 Å². The summed E-state index contributed by atoms with van der Waals surface area (Å²) >= 11 is 0. The number of pyridine rings is 1. The van der Waals surface area contributed by atoms with E-state index in [0.717, 1.165) is 12.2 Å². The molecule has 0 N–H and O–H groups in total. The average Bonchev–Trinajstić information content (AvgIpc) is 2.67. The van der Waals surface area contributed by atoms with Crippen molar-refractivity contribution in [2.24, 2.45) is 0 Å². The van der Waals surface area contributed by atoms with Crippen molar-refractivity contribution in [1.82, 2.24) is 9.88 Å². The third-order valence-corrected chi connectivity index (χ3v) is 3.09. The monoisotopic (exact) mass is 190 g/mol. The minimum atomic E-state index is 0.619. The number of nitrogens with zero attached hydrogens (tertiary/aromatic N) is 2. The van der Waals surface area contributed by atoms with Crippen molar-refractivity contribution < 1.29 is 0 Å². The zero-order valence-corrected chi connectivity index (χ0v) is 9.03. The van der Waals surface area contributed by atoms with Crippen LogP contribution in [0.2, 0.25) is 0 Å². The summed E-state index contributed by atoms with van der Waals surface area (Å²) in [6.07, 6.45) is 4.65. The third-order valence-electron chi connectivity index (χ3n) is 3.09. The molecule has 0 unspecified atom stereocenters. The van der Waals surface area contributed by atoms with Crippen molar-refractivity contribution in [2.45, 2.75) is 32.7 Å². The number of likely N-dealkylation sites (tertiary alicyclic amines) is 1. The Kier molecular flexibility index (Phi) is 2.82. The Bertz CT molecular complexity index is 292. The first-order valence-corrected chi connectivity index (χ1v) is 5.48. The highest BCUT2D eigenvalue weighted by molar-refractivity contribution is 5.18. The maximum absolute atomic E-state index is 4.37. The summed E-state index contributed by atoms with van der Waals surface area (Å²) in [5, 5.41) is 0. The van der Waals surface area contributed by atoms with Gasteiger partial charge in [-0.15, -0.1) is 0 Å². The summed E-state index contributed by atoms with van der Waals surface area (Å²) in [6, 6.07) is 4.95. The first-order chi connectivity index (χ1) is 6.81. The van der Waals surface area contributed by atoms with Gasteiger partial charge in [-0.1, -0.05) is 13.0 Å². The highest BCUT2D eigenvalue weighted by Crippen LogP contribution is 2.30. The molecule has 1 aromatic rings. The molecule has 1 aliphatic rings. The molecule has 2 nitrogen and oxygen atoms in total. The van der Waals surface area contributed by atoms with E-state index >= 15 is 0 Å². The zero-order chi connectivity index (χ0) is 9.97. The van der Waals surface area contributed by atoms with Crippen LogP contribution in [0.3, 0.4) is 0 Å². The van der Waals surface area contributed by atoms with Gasteiger partial charge in [0.05, 0.1) is 0 Å². The van der Waals surface area contributed by atoms with E-state index in [1.807, 2.05) is 13.1 Å². The van der Waals surface area contributed by atoms with Crippen LogP contribution in [0.5, 0.6) is 0 Å². The van der Waals surface area contributed by atoms with E-state index in [-0.39, 0.29) is 0 Å². The Morgan fingerprint density at radius 1 is 1.50 bits per heavy atom. The maximum atomic E-state index is 4.37. The lowest BCUT2D eigenvalue weighted by molar-refractivity contribution is 0.271. The van der Waals surface area contributed by atoms with Gasteiger partial charge in [-0.2, -0.15) is 0 Å². The topological polar surface area (TPSA) is 16.1 Å². The quantitative estimate of drug-likeness (QED) is 0.712. The van der Waals surface area contributed by atoms with Crippen LogP contribution in [-0.4, -0.2) is 23.0 Å². The summed E-state index contributed by atoms with van der Waals surface area (Å²) in [5.74, 6) is 0. The molecular formula is C12H18N2. The molecule has 1 aromatic heterocycles. The van der Waals surface area contributed by atoms with E-state index in [4.69, 9.17) is 0 Å². The van der Waals surface area contributed by atoms with Crippen LogP contribution in [0.1, 0.15) is 37.1 Å². The predicted octanol–water partition coefficient (Wildman–Crippen LogP) is 2.55. The largest absolute Gasteiger partial charge is 0.297 e. The predicted molar refractivity (Wildman–Crippen MR) is 58.2 cm³/mol. The van der Waals surface area contributed by atoms with Crippen LogP contribution in [0.4, 0.5) is 0 Å². The zero-order valence-electron chi connectivity index (χ0n) is 9.03. The minimum Gasteiger partial charge on any atom is -0.297 e. The Balaban J connectivity index is 2.17. The number of hydrogen-bond donors (Lipinski definition) is 0. The molecular weight excluding hydrogens is 172 g/mol. The minimum absolute atomic E-state index is 0.619. The molecule has 0 saturated carbocycles.